The summed E-state index contributed by atoms with van der Waals surface area (Å²) in [7, 11) is 0. The number of esters is 1. The summed E-state index contributed by atoms with van der Waals surface area (Å²) in [5.41, 5.74) is 2.65. The third kappa shape index (κ3) is 4.87. The smallest absolute Gasteiger partial charge is 0.339 e. The van der Waals surface area contributed by atoms with Gasteiger partial charge in [0.15, 0.2) is 6.61 Å². The van der Waals surface area contributed by atoms with Gasteiger partial charge in [-0.1, -0.05) is 46.3 Å². The zero-order chi connectivity index (χ0) is 21.8. The molecule has 1 heterocycles. The van der Waals surface area contributed by atoms with Crippen LogP contribution in [0.4, 0.5) is 0 Å². The number of hydrogen-bond acceptors (Lipinski definition) is 4. The van der Waals surface area contributed by atoms with Gasteiger partial charge in [-0.15, -0.1) is 0 Å². The first-order valence-corrected chi connectivity index (χ1v) is 10.7. The molecule has 0 N–H and O–H groups in total. The molecule has 1 aromatic heterocycles. The predicted molar refractivity (Wildman–Crippen MR) is 122 cm³/mol. The van der Waals surface area contributed by atoms with Crippen LogP contribution in [0.2, 0.25) is 0 Å². The Labute approximate surface area is 185 Å². The molecule has 156 valence electrons. The molecule has 0 saturated heterocycles. The molecule has 3 aromatic rings. The third-order valence-electron chi connectivity index (χ3n) is 4.80. The monoisotopic (exact) mass is 468 g/mol. The number of rotatable bonds is 6. The number of pyridine rings is 1. The maximum Gasteiger partial charge on any atom is 0.339 e. The van der Waals surface area contributed by atoms with E-state index >= 15 is 0 Å². The van der Waals surface area contributed by atoms with Crippen molar-refractivity contribution in [3.8, 4) is 11.3 Å². The van der Waals surface area contributed by atoms with E-state index < -0.39 is 5.97 Å². The molecule has 30 heavy (non-hydrogen) atoms. The minimum absolute atomic E-state index is 0.0296. The van der Waals surface area contributed by atoms with Gasteiger partial charge >= 0.3 is 5.97 Å². The van der Waals surface area contributed by atoms with Crippen LogP contribution in [0.25, 0.3) is 22.2 Å². The van der Waals surface area contributed by atoms with Crippen LogP contribution in [0.1, 0.15) is 38.1 Å². The number of hydrogen-bond donors (Lipinski definition) is 0. The molecule has 0 aliphatic heterocycles. The average Bonchev–Trinajstić information content (AvgIpc) is 2.71. The van der Waals surface area contributed by atoms with Crippen LogP contribution < -0.4 is 0 Å². The third-order valence-corrected chi connectivity index (χ3v) is 5.33. The fourth-order valence-electron chi connectivity index (χ4n) is 3.56. The number of nitrogens with zero attached hydrogens (tertiary/aromatic N) is 2. The van der Waals surface area contributed by atoms with Gasteiger partial charge in [0.2, 0.25) is 0 Å². The summed E-state index contributed by atoms with van der Waals surface area (Å²) < 4.78 is 6.39. The lowest BCUT2D eigenvalue weighted by atomic mass is 10.0. The van der Waals surface area contributed by atoms with Gasteiger partial charge < -0.3 is 9.64 Å². The van der Waals surface area contributed by atoms with Gasteiger partial charge in [-0.3, -0.25) is 4.79 Å². The summed E-state index contributed by atoms with van der Waals surface area (Å²) in [6.45, 7) is 7.49. The highest BCUT2D eigenvalue weighted by atomic mass is 79.9. The minimum atomic E-state index is -0.534. The van der Waals surface area contributed by atoms with Crippen LogP contribution in [0, 0.1) is 0 Å². The van der Waals surface area contributed by atoms with E-state index in [1.54, 1.807) is 11.0 Å². The number of ether oxygens (including phenoxy) is 1. The molecule has 0 saturated carbocycles. The molecule has 0 atom stereocenters. The lowest BCUT2D eigenvalue weighted by molar-refractivity contribution is -0.138. The fraction of sp³-hybridized carbons (Fsp3) is 0.292. The van der Waals surface area contributed by atoms with Gasteiger partial charge in [0.25, 0.3) is 5.91 Å². The van der Waals surface area contributed by atoms with E-state index in [0.717, 1.165) is 10.0 Å². The van der Waals surface area contributed by atoms with Gasteiger partial charge in [0, 0.05) is 27.5 Å². The molecule has 2 aromatic carbocycles. The maximum absolute atomic E-state index is 12.9. The Morgan fingerprint density at radius 3 is 2.27 bits per heavy atom. The summed E-state index contributed by atoms with van der Waals surface area (Å²) in [6, 6.07) is 16.9. The van der Waals surface area contributed by atoms with E-state index in [9.17, 15) is 9.59 Å². The lowest BCUT2D eigenvalue weighted by Crippen LogP contribution is -2.44. The van der Waals surface area contributed by atoms with E-state index in [2.05, 4.69) is 20.9 Å². The molecule has 6 heteroatoms. The van der Waals surface area contributed by atoms with E-state index in [1.165, 1.54) is 0 Å². The van der Waals surface area contributed by atoms with Crippen molar-refractivity contribution in [2.24, 2.45) is 0 Å². The van der Waals surface area contributed by atoms with Crippen molar-refractivity contribution < 1.29 is 14.3 Å². The summed E-state index contributed by atoms with van der Waals surface area (Å²) in [5, 5.41) is 0.695. The first kappa shape index (κ1) is 22.0. The number of para-hydroxylation sites is 1. The Kier molecular flexibility index (Phi) is 6.87. The van der Waals surface area contributed by atoms with E-state index in [1.807, 2.05) is 76.2 Å². The quantitative estimate of drug-likeness (QED) is 0.450. The van der Waals surface area contributed by atoms with Gasteiger partial charge in [0.1, 0.15) is 0 Å². The first-order chi connectivity index (χ1) is 14.3. The molecule has 0 radical (unpaired) electrons. The van der Waals surface area contributed by atoms with E-state index in [-0.39, 0.29) is 24.6 Å². The Morgan fingerprint density at radius 1 is 1.00 bits per heavy atom. The number of halogens is 1. The summed E-state index contributed by atoms with van der Waals surface area (Å²) in [5.74, 6) is -0.743. The fourth-order valence-corrected chi connectivity index (χ4v) is 3.83. The van der Waals surface area contributed by atoms with Crippen LogP contribution in [0.3, 0.4) is 0 Å². The van der Waals surface area contributed by atoms with Crippen LogP contribution in [-0.2, 0) is 9.53 Å². The highest BCUT2D eigenvalue weighted by Gasteiger charge is 2.22. The normalized spacial score (nSPS) is 11.2. The van der Waals surface area contributed by atoms with Crippen molar-refractivity contribution in [2.45, 2.75) is 39.8 Å². The van der Waals surface area contributed by atoms with Gasteiger partial charge in [-0.25, -0.2) is 9.78 Å². The van der Waals surface area contributed by atoms with Crippen LogP contribution in [-0.4, -0.2) is 40.5 Å². The van der Waals surface area contributed by atoms with E-state index in [4.69, 9.17) is 4.74 Å². The van der Waals surface area contributed by atoms with Crippen molar-refractivity contribution in [1.29, 1.82) is 0 Å². The average molecular weight is 469 g/mol. The van der Waals surface area contributed by atoms with Crippen LogP contribution in [0.15, 0.2) is 59.1 Å². The number of carbonyl (C=O) groups excluding carboxylic acids is 2. The number of fused-ring (bicyclic) bond motifs is 1. The van der Waals surface area contributed by atoms with Crippen molar-refractivity contribution >= 4 is 38.7 Å². The standard InChI is InChI=1S/C24H25BrN2O3/c1-15(2)27(16(3)4)23(28)14-30-24(29)20-13-22(17-9-11-18(25)12-10-17)26-21-8-6-5-7-19(20)21/h5-13,15-16H,14H2,1-4H3. The second-order valence-corrected chi connectivity index (χ2v) is 8.56. The molecule has 5 nitrogen and oxygen atoms in total. The maximum atomic E-state index is 12.9. The summed E-state index contributed by atoms with van der Waals surface area (Å²) in [6.07, 6.45) is 0. The Morgan fingerprint density at radius 2 is 1.63 bits per heavy atom. The lowest BCUT2D eigenvalue weighted by Gasteiger charge is -2.30. The molecule has 0 bridgehead atoms. The molecule has 0 spiro atoms. The topological polar surface area (TPSA) is 59.5 Å². The summed E-state index contributed by atoms with van der Waals surface area (Å²) >= 11 is 3.43. The Bertz CT molecular complexity index is 1050. The molecule has 0 fully saturated rings. The number of amides is 1. The molecule has 0 aliphatic carbocycles. The first-order valence-electron chi connectivity index (χ1n) is 9.92. The minimum Gasteiger partial charge on any atom is -0.452 e. The van der Waals surface area contributed by atoms with Gasteiger partial charge in [-0.2, -0.15) is 0 Å². The van der Waals surface area contributed by atoms with Gasteiger partial charge in [0.05, 0.1) is 16.8 Å². The Balaban J connectivity index is 1.91. The molecule has 0 unspecified atom stereocenters. The molecular formula is C24H25BrN2O3. The number of carbonyl (C=O) groups is 2. The van der Waals surface area contributed by atoms with Gasteiger partial charge in [-0.05, 0) is 52.0 Å². The predicted octanol–water partition coefficient (Wildman–Crippen LogP) is 5.47. The SMILES string of the molecule is CC(C)N(C(=O)COC(=O)c1cc(-c2ccc(Br)cc2)nc2ccccc12)C(C)C. The number of benzene rings is 2. The van der Waals surface area contributed by atoms with Crippen molar-refractivity contribution in [1.82, 2.24) is 9.88 Å². The zero-order valence-corrected chi connectivity index (χ0v) is 19.1. The highest BCUT2D eigenvalue weighted by Crippen LogP contribution is 2.26. The largest absolute Gasteiger partial charge is 0.452 e. The summed E-state index contributed by atoms with van der Waals surface area (Å²) in [4.78, 5) is 31.9. The second-order valence-electron chi connectivity index (χ2n) is 7.64. The van der Waals surface area contributed by atoms with Crippen LogP contribution in [0.5, 0.6) is 0 Å². The van der Waals surface area contributed by atoms with Crippen LogP contribution >= 0.6 is 15.9 Å². The molecular weight excluding hydrogens is 444 g/mol. The highest BCUT2D eigenvalue weighted by molar-refractivity contribution is 9.10. The Hall–Kier alpha value is -2.73. The van der Waals surface area contributed by atoms with E-state index in [0.29, 0.717) is 22.2 Å². The number of aromatic nitrogens is 1. The molecule has 0 aliphatic rings. The van der Waals surface area contributed by atoms with Crippen molar-refractivity contribution in [3.63, 3.8) is 0 Å². The second kappa shape index (κ2) is 9.39. The van der Waals surface area contributed by atoms with Crippen molar-refractivity contribution in [2.75, 3.05) is 6.61 Å². The molecule has 1 amide bonds. The van der Waals surface area contributed by atoms with Crippen molar-refractivity contribution in [3.05, 3.63) is 64.6 Å². The zero-order valence-electron chi connectivity index (χ0n) is 17.6. The molecule has 3 rings (SSSR count).